The molecule has 3 aliphatic heterocycles. The number of anilines is 4. The summed E-state index contributed by atoms with van der Waals surface area (Å²) in [7, 11) is 0. The number of carbonyl (C=O) groups excluding carboxylic acids is 1. The molecule has 5 fully saturated rings. The molecule has 8 N–H and O–H groups in total. The molecule has 72 heavy (non-hydrogen) atoms. The maximum Gasteiger partial charge on any atom is 0.341 e. The van der Waals surface area contributed by atoms with Gasteiger partial charge in [-0.2, -0.15) is 9.97 Å². The van der Waals surface area contributed by atoms with Crippen molar-refractivity contribution in [1.82, 2.24) is 25.3 Å². The molecule has 4 unspecified atom stereocenters. The number of aliphatic hydroxyl groups is 2. The molecular formula is C54H62Cl2N10O6. The number of nitrogens with two attached hydrogens (primary N) is 1. The van der Waals surface area contributed by atoms with E-state index in [1.165, 1.54) is 37.4 Å². The molecule has 2 saturated carbocycles. The Morgan fingerprint density at radius 1 is 0.625 bits per heavy atom. The zero-order valence-electron chi connectivity index (χ0n) is 40.1. The van der Waals surface area contributed by atoms with Crippen molar-refractivity contribution in [3.05, 3.63) is 164 Å². The summed E-state index contributed by atoms with van der Waals surface area (Å²) in [6.45, 7) is 7.47. The Bertz CT molecular complexity index is 2730. The van der Waals surface area contributed by atoms with Gasteiger partial charge in [-0.25, -0.2) is 14.8 Å². The highest BCUT2D eigenvalue weighted by atomic mass is 35.5. The Hall–Kier alpha value is -6.40. The highest BCUT2D eigenvalue weighted by molar-refractivity contribution is 6.31. The number of ether oxygens (including phenoxy) is 1. The Kier molecular flexibility index (Phi) is 18.3. The molecule has 6 aromatic rings. The minimum absolute atomic E-state index is 0.0381. The summed E-state index contributed by atoms with van der Waals surface area (Å²) in [6, 6.07) is 30.6. The summed E-state index contributed by atoms with van der Waals surface area (Å²) < 4.78 is 4.94. The smallest absolute Gasteiger partial charge is 0.341 e. The van der Waals surface area contributed by atoms with Crippen LogP contribution < -0.4 is 31.5 Å². The maximum atomic E-state index is 13.0. The second-order valence-corrected chi connectivity index (χ2v) is 19.4. The first kappa shape index (κ1) is 51.9. The van der Waals surface area contributed by atoms with Crippen molar-refractivity contribution in [3.8, 4) is 0 Å². The number of aromatic carboxylic acids is 1. The van der Waals surface area contributed by atoms with E-state index >= 15 is 0 Å². The molecule has 11 rings (SSSR count). The molecule has 4 aromatic carbocycles. The zero-order chi connectivity index (χ0) is 50.4. The second-order valence-electron chi connectivity index (χ2n) is 18.5. The number of aromatic nitrogens is 4. The van der Waals surface area contributed by atoms with Gasteiger partial charge < -0.3 is 51.5 Å². The molecule has 5 aliphatic rings. The van der Waals surface area contributed by atoms with Crippen LogP contribution in [0.2, 0.25) is 10.0 Å². The molecular weight excluding hydrogens is 956 g/mol. The van der Waals surface area contributed by atoms with Gasteiger partial charge in [0, 0.05) is 88.0 Å². The van der Waals surface area contributed by atoms with Crippen molar-refractivity contribution in [1.29, 1.82) is 0 Å². The van der Waals surface area contributed by atoms with Crippen LogP contribution in [0.25, 0.3) is 0 Å². The second kappa shape index (κ2) is 25.3. The molecule has 4 atom stereocenters. The van der Waals surface area contributed by atoms with E-state index < -0.39 is 5.97 Å². The largest absolute Gasteiger partial charge is 0.477 e. The third-order valence-corrected chi connectivity index (χ3v) is 14.0. The highest BCUT2D eigenvalue weighted by Gasteiger charge is 2.46. The van der Waals surface area contributed by atoms with Gasteiger partial charge in [-0.05, 0) is 94.9 Å². The molecule has 378 valence electrons. The van der Waals surface area contributed by atoms with Gasteiger partial charge in [0.25, 0.3) is 5.91 Å². The lowest BCUT2D eigenvalue weighted by Gasteiger charge is -2.20. The third-order valence-electron chi connectivity index (χ3n) is 13.2. The normalized spacial score (nSPS) is 18.7. The number of carboxylic acid groups (broad SMARTS) is 1. The molecule has 16 nitrogen and oxygen atoms in total. The molecule has 0 bridgehead atoms. The van der Waals surface area contributed by atoms with Crippen LogP contribution in [0.3, 0.4) is 0 Å². The van der Waals surface area contributed by atoms with E-state index in [1.807, 2.05) is 78.9 Å². The highest BCUT2D eigenvalue weighted by Crippen LogP contribution is 2.46. The van der Waals surface area contributed by atoms with Gasteiger partial charge in [-0.3, -0.25) is 4.79 Å². The summed E-state index contributed by atoms with van der Waals surface area (Å²) in [5.41, 5.74) is 11.1. The van der Waals surface area contributed by atoms with Crippen LogP contribution in [0.5, 0.6) is 0 Å². The summed E-state index contributed by atoms with van der Waals surface area (Å²) in [6.07, 6.45) is 8.10. The number of piperidine rings is 2. The fourth-order valence-corrected chi connectivity index (χ4v) is 9.32. The van der Waals surface area contributed by atoms with Crippen molar-refractivity contribution in [2.24, 2.45) is 29.4 Å². The fraction of sp³-hybridized carbons (Fsp3) is 0.370. The Labute approximate surface area is 430 Å². The first-order valence-electron chi connectivity index (χ1n) is 24.4. The van der Waals surface area contributed by atoms with Crippen molar-refractivity contribution in [3.63, 3.8) is 0 Å². The summed E-state index contributed by atoms with van der Waals surface area (Å²) >= 11 is 12.3. The minimum Gasteiger partial charge on any atom is -0.477 e. The van der Waals surface area contributed by atoms with E-state index in [-0.39, 0.29) is 24.7 Å². The number of carboxylic acids is 1. The van der Waals surface area contributed by atoms with Gasteiger partial charge in [0.15, 0.2) is 0 Å². The average Bonchev–Trinajstić information content (AvgIpc) is 4.01. The van der Waals surface area contributed by atoms with Crippen LogP contribution in [-0.2, 0) is 44.1 Å². The maximum absolute atomic E-state index is 13.0. The van der Waals surface area contributed by atoms with Crippen LogP contribution in [0.15, 0.2) is 109 Å². The summed E-state index contributed by atoms with van der Waals surface area (Å²) in [4.78, 5) is 46.7. The van der Waals surface area contributed by atoms with Crippen molar-refractivity contribution in [2.75, 3.05) is 59.8 Å². The monoisotopic (exact) mass is 1020 g/mol. The SMILES string of the molecule is C1CCOC1.NCc1ccccc1.O=C(NCc1ccccc1)c1cnc(N2CC3CC3C2)nc1NCc1ccc(CO)c(Cl)c1.O=C(O)c1cnc(N2CC3CC3C2)nc1NCc1ccc(CO)c(Cl)c1. The Morgan fingerprint density at radius 2 is 1.08 bits per heavy atom. The number of hydrogen-bond acceptors (Lipinski definition) is 14. The van der Waals surface area contributed by atoms with Gasteiger partial charge in [-0.15, -0.1) is 0 Å². The van der Waals surface area contributed by atoms with Gasteiger partial charge >= 0.3 is 5.97 Å². The van der Waals surface area contributed by atoms with Crippen LogP contribution in [-0.4, -0.2) is 86.5 Å². The third kappa shape index (κ3) is 14.4. The summed E-state index contributed by atoms with van der Waals surface area (Å²) in [5, 5.41) is 38.2. The number of amides is 1. The predicted molar refractivity (Wildman–Crippen MR) is 280 cm³/mol. The Balaban J connectivity index is 0.000000156. The molecule has 2 aromatic heterocycles. The van der Waals surface area contributed by atoms with E-state index in [4.69, 9.17) is 38.7 Å². The lowest BCUT2D eigenvalue weighted by Crippen LogP contribution is -2.27. The molecule has 18 heteroatoms. The lowest BCUT2D eigenvalue weighted by molar-refractivity contribution is 0.0696. The van der Waals surface area contributed by atoms with Crippen LogP contribution in [0, 0.1) is 23.7 Å². The van der Waals surface area contributed by atoms with E-state index in [2.05, 4.69) is 40.7 Å². The van der Waals surface area contributed by atoms with Gasteiger partial charge in [0.1, 0.15) is 22.8 Å². The van der Waals surface area contributed by atoms with Crippen LogP contribution in [0.4, 0.5) is 23.5 Å². The number of fused-ring (bicyclic) bond motifs is 2. The molecule has 2 aliphatic carbocycles. The molecule has 3 saturated heterocycles. The van der Waals surface area contributed by atoms with E-state index in [0.717, 1.165) is 79.8 Å². The van der Waals surface area contributed by atoms with Gasteiger partial charge in [0.05, 0.1) is 13.2 Å². The van der Waals surface area contributed by atoms with E-state index in [1.54, 1.807) is 24.4 Å². The number of benzene rings is 4. The van der Waals surface area contributed by atoms with E-state index in [0.29, 0.717) is 76.4 Å². The average molecular weight is 1020 g/mol. The molecule has 0 radical (unpaired) electrons. The van der Waals surface area contributed by atoms with Crippen molar-refractivity contribution >= 4 is 58.6 Å². The van der Waals surface area contributed by atoms with E-state index in [9.17, 15) is 24.9 Å². The number of nitrogens with zero attached hydrogens (tertiary/aromatic N) is 6. The zero-order valence-corrected chi connectivity index (χ0v) is 41.6. The number of nitrogens with one attached hydrogen (secondary N) is 3. The Morgan fingerprint density at radius 3 is 1.49 bits per heavy atom. The number of halogens is 2. The van der Waals surface area contributed by atoms with Crippen LogP contribution in [0.1, 0.15) is 79.8 Å². The lowest BCUT2D eigenvalue weighted by atomic mass is 10.1. The first-order chi connectivity index (χ1) is 35.1. The predicted octanol–water partition coefficient (Wildman–Crippen LogP) is 7.95. The first-order valence-corrected chi connectivity index (χ1v) is 25.2. The number of carbonyl (C=O) groups is 2. The quantitative estimate of drug-likeness (QED) is 0.0518. The topological polar surface area (TPSA) is 224 Å². The number of rotatable bonds is 15. The summed E-state index contributed by atoms with van der Waals surface area (Å²) in [5.74, 6) is 3.69. The molecule has 1 amide bonds. The fourth-order valence-electron chi connectivity index (χ4n) is 8.79. The van der Waals surface area contributed by atoms with Crippen LogP contribution >= 0.6 is 23.2 Å². The van der Waals surface area contributed by atoms with Crippen molar-refractivity contribution in [2.45, 2.75) is 65.1 Å². The van der Waals surface area contributed by atoms with Gasteiger partial charge in [-0.1, -0.05) is 108 Å². The standard InChI is InChI=1S/C25H26ClN5O2.C18H19ClN4O3.C7H9N.C4H8O/c26-22-8-17(6-7-18(22)15-32)11-27-23-21(24(33)28-10-16-4-2-1-3-5-16)12-29-25(30-23)31-13-19-9-20(19)14-31;19-15-3-10(1-2-11(15)9-24)5-20-16-14(17(25)26)6-21-18(22-16)23-7-12-4-13(12)8-23;8-6-7-4-2-1-3-5-7;1-2-4-5-3-1/h1-8,12,19-20,32H,9-11,13-15H2,(H,28,33)(H,27,29,30);1-3,6,12-13,24H,4-5,7-9H2,(H,25,26)(H,20,21,22);1-5H,6,8H2;1-4H2. The molecule has 0 spiro atoms. The number of aliphatic hydroxyl groups excluding tert-OH is 2. The van der Waals surface area contributed by atoms with Crippen molar-refractivity contribution < 1.29 is 29.6 Å². The minimum atomic E-state index is -1.07. The molecule has 5 heterocycles. The van der Waals surface area contributed by atoms with Gasteiger partial charge in [0.2, 0.25) is 11.9 Å². The number of hydrogen-bond donors (Lipinski definition) is 7.